The van der Waals surface area contributed by atoms with Crippen LogP contribution in [0.15, 0.2) is 48.9 Å². The number of rotatable bonds is 6. The molecule has 28 heavy (non-hydrogen) atoms. The van der Waals surface area contributed by atoms with E-state index in [0.29, 0.717) is 5.75 Å². The van der Waals surface area contributed by atoms with E-state index in [1.807, 2.05) is 0 Å². The third-order valence-electron chi connectivity index (χ3n) is 3.71. The fourth-order valence-corrected chi connectivity index (χ4v) is 2.40. The van der Waals surface area contributed by atoms with Gasteiger partial charge in [-0.1, -0.05) is 0 Å². The SMILES string of the molecule is CC(CNC(=O)c1cc(F)cc(-c2ncc(F)c(N)n2)c1)Oc1cccnc1. The van der Waals surface area contributed by atoms with Crippen molar-refractivity contribution in [3.05, 3.63) is 66.1 Å². The van der Waals surface area contributed by atoms with Gasteiger partial charge in [0.25, 0.3) is 5.91 Å². The number of ether oxygens (including phenoxy) is 1. The third-order valence-corrected chi connectivity index (χ3v) is 3.71. The number of benzene rings is 1. The Morgan fingerprint density at radius 1 is 1.29 bits per heavy atom. The molecule has 144 valence electrons. The summed E-state index contributed by atoms with van der Waals surface area (Å²) in [7, 11) is 0. The van der Waals surface area contributed by atoms with Gasteiger partial charge in [0.2, 0.25) is 0 Å². The Morgan fingerprint density at radius 2 is 2.11 bits per heavy atom. The molecular formula is C19H17F2N5O2. The third kappa shape index (κ3) is 4.76. The number of carbonyl (C=O) groups excluding carboxylic acids is 1. The maximum atomic E-state index is 14.0. The zero-order chi connectivity index (χ0) is 20.1. The average Bonchev–Trinajstić information content (AvgIpc) is 2.68. The summed E-state index contributed by atoms with van der Waals surface area (Å²) in [5.74, 6) is -1.71. The number of halogens is 2. The molecule has 2 aromatic heterocycles. The molecule has 0 aliphatic carbocycles. The first-order valence-electron chi connectivity index (χ1n) is 8.36. The number of hydrogen-bond donors (Lipinski definition) is 2. The van der Waals surface area contributed by atoms with Gasteiger partial charge in [-0.25, -0.2) is 18.7 Å². The molecule has 0 spiro atoms. The lowest BCUT2D eigenvalue weighted by molar-refractivity contribution is 0.0931. The molecule has 3 N–H and O–H groups in total. The monoisotopic (exact) mass is 385 g/mol. The highest BCUT2D eigenvalue weighted by Gasteiger charge is 2.14. The number of carbonyl (C=O) groups is 1. The lowest BCUT2D eigenvalue weighted by Crippen LogP contribution is -2.33. The quantitative estimate of drug-likeness (QED) is 0.676. The van der Waals surface area contributed by atoms with Crippen LogP contribution in [0.3, 0.4) is 0 Å². The highest BCUT2D eigenvalue weighted by atomic mass is 19.1. The van der Waals surface area contributed by atoms with Crippen LogP contribution in [0.5, 0.6) is 5.75 Å². The van der Waals surface area contributed by atoms with E-state index < -0.39 is 17.5 Å². The molecule has 1 atom stereocenters. The van der Waals surface area contributed by atoms with Crippen molar-refractivity contribution in [2.45, 2.75) is 13.0 Å². The van der Waals surface area contributed by atoms with Crippen LogP contribution in [0.4, 0.5) is 14.6 Å². The highest BCUT2D eigenvalue weighted by molar-refractivity contribution is 5.95. The number of nitrogens with two attached hydrogens (primary N) is 1. The number of nitrogens with zero attached hydrogens (tertiary/aromatic N) is 3. The van der Waals surface area contributed by atoms with E-state index in [-0.39, 0.29) is 35.4 Å². The molecule has 3 rings (SSSR count). The second kappa shape index (κ2) is 8.38. The minimum atomic E-state index is -0.777. The van der Waals surface area contributed by atoms with Crippen LogP contribution < -0.4 is 15.8 Å². The molecule has 0 radical (unpaired) electrons. The summed E-state index contributed by atoms with van der Waals surface area (Å²) in [6, 6.07) is 7.10. The normalized spacial score (nSPS) is 11.7. The Labute approximate surface area is 159 Å². The van der Waals surface area contributed by atoms with Crippen molar-refractivity contribution in [3.63, 3.8) is 0 Å². The molecule has 2 heterocycles. The lowest BCUT2D eigenvalue weighted by atomic mass is 10.1. The fraction of sp³-hybridized carbons (Fsp3) is 0.158. The van der Waals surface area contributed by atoms with Crippen molar-refractivity contribution in [1.29, 1.82) is 0 Å². The zero-order valence-corrected chi connectivity index (χ0v) is 14.9. The summed E-state index contributed by atoms with van der Waals surface area (Å²) in [4.78, 5) is 23.9. The molecule has 7 nitrogen and oxygen atoms in total. The molecule has 0 saturated carbocycles. The van der Waals surface area contributed by atoms with Gasteiger partial charge in [-0.3, -0.25) is 9.78 Å². The Bertz CT molecular complexity index is 985. The average molecular weight is 385 g/mol. The van der Waals surface area contributed by atoms with Gasteiger partial charge in [0, 0.05) is 17.3 Å². The van der Waals surface area contributed by atoms with Crippen molar-refractivity contribution in [1.82, 2.24) is 20.3 Å². The van der Waals surface area contributed by atoms with Crippen molar-refractivity contribution >= 4 is 11.7 Å². The summed E-state index contributed by atoms with van der Waals surface area (Å²) in [5, 5.41) is 2.67. The number of hydrogen-bond acceptors (Lipinski definition) is 6. The van der Waals surface area contributed by atoms with Crippen molar-refractivity contribution in [2.75, 3.05) is 12.3 Å². The number of nitrogen functional groups attached to an aromatic ring is 1. The van der Waals surface area contributed by atoms with Crippen molar-refractivity contribution < 1.29 is 18.3 Å². The van der Waals surface area contributed by atoms with E-state index >= 15 is 0 Å². The van der Waals surface area contributed by atoms with Crippen LogP contribution in [0, 0.1) is 11.6 Å². The molecule has 0 aliphatic rings. The first kappa shape index (κ1) is 19.2. The highest BCUT2D eigenvalue weighted by Crippen LogP contribution is 2.20. The van der Waals surface area contributed by atoms with Gasteiger partial charge in [0.1, 0.15) is 17.7 Å². The van der Waals surface area contributed by atoms with Crippen LogP contribution >= 0.6 is 0 Å². The maximum absolute atomic E-state index is 14.0. The summed E-state index contributed by atoms with van der Waals surface area (Å²) in [5.41, 5.74) is 5.69. The van der Waals surface area contributed by atoms with E-state index in [1.54, 1.807) is 31.5 Å². The Balaban J connectivity index is 1.69. The molecule has 0 aliphatic heterocycles. The Hall–Kier alpha value is -3.62. The van der Waals surface area contributed by atoms with Crippen LogP contribution in [0.2, 0.25) is 0 Å². The standard InChI is InChI=1S/C19H17F2N5O2/c1-11(28-15-3-2-4-23-9-15)8-25-19(27)13-5-12(6-14(20)7-13)18-24-10-16(21)17(22)26-18/h2-7,9-11H,8H2,1H3,(H,25,27)(H2,22,24,26). The Morgan fingerprint density at radius 3 is 2.82 bits per heavy atom. The molecule has 0 saturated heterocycles. The Kier molecular flexibility index (Phi) is 5.73. The summed E-state index contributed by atoms with van der Waals surface area (Å²) >= 11 is 0. The minimum absolute atomic E-state index is 0.0146. The lowest BCUT2D eigenvalue weighted by Gasteiger charge is -2.15. The molecule has 0 bridgehead atoms. The van der Waals surface area contributed by atoms with Gasteiger partial charge in [-0.2, -0.15) is 0 Å². The van der Waals surface area contributed by atoms with Crippen LogP contribution in [-0.4, -0.2) is 33.5 Å². The number of amides is 1. The minimum Gasteiger partial charge on any atom is -0.487 e. The van der Waals surface area contributed by atoms with Crippen molar-refractivity contribution in [2.24, 2.45) is 0 Å². The van der Waals surface area contributed by atoms with E-state index in [0.717, 1.165) is 18.3 Å². The largest absolute Gasteiger partial charge is 0.487 e. The second-order valence-corrected chi connectivity index (χ2v) is 5.98. The summed E-state index contributed by atoms with van der Waals surface area (Å²) in [6.45, 7) is 1.97. The first-order chi connectivity index (χ1) is 13.4. The molecule has 0 fully saturated rings. The van der Waals surface area contributed by atoms with Crippen molar-refractivity contribution in [3.8, 4) is 17.1 Å². The molecular weight excluding hydrogens is 368 g/mol. The second-order valence-electron chi connectivity index (χ2n) is 5.98. The van der Waals surface area contributed by atoms with Gasteiger partial charge < -0.3 is 15.8 Å². The summed E-state index contributed by atoms with van der Waals surface area (Å²) in [6.07, 6.45) is 3.74. The number of pyridine rings is 1. The number of nitrogens with one attached hydrogen (secondary N) is 1. The van der Waals surface area contributed by atoms with Crippen LogP contribution in [0.25, 0.3) is 11.4 Å². The fourth-order valence-electron chi connectivity index (χ4n) is 2.40. The number of anilines is 1. The van der Waals surface area contributed by atoms with Gasteiger partial charge in [0.05, 0.1) is 18.9 Å². The van der Waals surface area contributed by atoms with Gasteiger partial charge >= 0.3 is 0 Å². The van der Waals surface area contributed by atoms with Crippen LogP contribution in [-0.2, 0) is 0 Å². The number of aromatic nitrogens is 3. The molecule has 3 aromatic rings. The van der Waals surface area contributed by atoms with E-state index in [4.69, 9.17) is 10.5 Å². The predicted molar refractivity (Wildman–Crippen MR) is 98.5 cm³/mol. The van der Waals surface area contributed by atoms with E-state index in [9.17, 15) is 13.6 Å². The first-order valence-corrected chi connectivity index (χ1v) is 8.36. The van der Waals surface area contributed by atoms with Crippen LogP contribution in [0.1, 0.15) is 17.3 Å². The zero-order valence-electron chi connectivity index (χ0n) is 14.9. The molecule has 1 amide bonds. The molecule has 1 unspecified atom stereocenters. The van der Waals surface area contributed by atoms with Gasteiger partial charge in [-0.15, -0.1) is 0 Å². The van der Waals surface area contributed by atoms with Gasteiger partial charge in [-0.05, 0) is 37.3 Å². The van der Waals surface area contributed by atoms with E-state index in [2.05, 4.69) is 20.3 Å². The molecule has 1 aromatic carbocycles. The molecule has 9 heteroatoms. The van der Waals surface area contributed by atoms with Gasteiger partial charge in [0.15, 0.2) is 17.5 Å². The maximum Gasteiger partial charge on any atom is 0.251 e. The summed E-state index contributed by atoms with van der Waals surface area (Å²) < 4.78 is 32.8. The smallest absolute Gasteiger partial charge is 0.251 e. The van der Waals surface area contributed by atoms with E-state index in [1.165, 1.54) is 6.07 Å². The predicted octanol–water partition coefficient (Wildman–Crippen LogP) is 2.60. The topological polar surface area (TPSA) is 103 Å².